The summed E-state index contributed by atoms with van der Waals surface area (Å²) in [5.74, 6) is 0.0423. The number of hydrogen-bond acceptors (Lipinski definition) is 3. The first-order valence-electron chi connectivity index (χ1n) is 6.95. The summed E-state index contributed by atoms with van der Waals surface area (Å²) in [6, 6.07) is 7.74. The summed E-state index contributed by atoms with van der Waals surface area (Å²) in [5.41, 5.74) is 1.95. The zero-order chi connectivity index (χ0) is 15.1. The molecule has 4 heteroatoms. The van der Waals surface area contributed by atoms with Crippen molar-refractivity contribution < 1.29 is 9.59 Å². The summed E-state index contributed by atoms with van der Waals surface area (Å²) in [4.78, 5) is 26.9. The molecule has 0 aliphatic heterocycles. The smallest absolute Gasteiger partial charge is 0.236 e. The molecule has 20 heavy (non-hydrogen) atoms. The van der Waals surface area contributed by atoms with Crippen LogP contribution in [0.2, 0.25) is 0 Å². The van der Waals surface area contributed by atoms with Gasteiger partial charge in [0.25, 0.3) is 0 Å². The van der Waals surface area contributed by atoms with E-state index in [-0.39, 0.29) is 24.8 Å². The lowest BCUT2D eigenvalue weighted by atomic mass is 10.1. The molecule has 0 radical (unpaired) electrons. The first kappa shape index (κ1) is 16.4. The van der Waals surface area contributed by atoms with Gasteiger partial charge in [-0.15, -0.1) is 0 Å². The van der Waals surface area contributed by atoms with Crippen molar-refractivity contribution >= 4 is 11.7 Å². The lowest BCUT2D eigenvalue weighted by Gasteiger charge is -2.18. The van der Waals surface area contributed by atoms with Gasteiger partial charge in [0.05, 0.1) is 13.1 Å². The van der Waals surface area contributed by atoms with Crippen molar-refractivity contribution in [2.45, 2.75) is 19.8 Å². The van der Waals surface area contributed by atoms with Gasteiger partial charge in [-0.3, -0.25) is 14.5 Å². The van der Waals surface area contributed by atoms with Crippen LogP contribution < -0.4 is 0 Å². The van der Waals surface area contributed by atoms with Gasteiger partial charge in [0, 0.05) is 19.7 Å². The fraction of sp³-hybridized carbons (Fsp3) is 0.500. The standard InChI is InChI=1S/C16H24N2O2/c1-5-6-13-7-9-14(10-8-13)15(19)11-18(4)12-16(20)17(2)3/h7-10H,5-6,11-12H2,1-4H3. The molecule has 1 rings (SSSR count). The molecule has 1 amide bonds. The van der Waals surface area contributed by atoms with Gasteiger partial charge in [-0.25, -0.2) is 0 Å². The van der Waals surface area contributed by atoms with Crippen LogP contribution in [0.4, 0.5) is 0 Å². The zero-order valence-electron chi connectivity index (χ0n) is 12.8. The molecule has 0 aromatic heterocycles. The highest BCUT2D eigenvalue weighted by Crippen LogP contribution is 2.08. The van der Waals surface area contributed by atoms with Crippen LogP contribution in [0.15, 0.2) is 24.3 Å². The molecule has 0 fully saturated rings. The van der Waals surface area contributed by atoms with Crippen molar-refractivity contribution in [1.29, 1.82) is 0 Å². The van der Waals surface area contributed by atoms with Crippen molar-refractivity contribution in [3.05, 3.63) is 35.4 Å². The fourth-order valence-corrected chi connectivity index (χ4v) is 1.91. The van der Waals surface area contributed by atoms with E-state index in [1.165, 1.54) is 10.5 Å². The molecule has 1 aromatic rings. The van der Waals surface area contributed by atoms with E-state index in [9.17, 15) is 9.59 Å². The van der Waals surface area contributed by atoms with Crippen LogP contribution >= 0.6 is 0 Å². The van der Waals surface area contributed by atoms with Crippen LogP contribution in [-0.4, -0.2) is 55.7 Å². The number of rotatable bonds is 7. The molecule has 0 unspecified atom stereocenters. The van der Waals surface area contributed by atoms with Crippen molar-refractivity contribution in [3.8, 4) is 0 Å². The Kier molecular flexibility index (Phi) is 6.39. The van der Waals surface area contributed by atoms with Crippen LogP contribution in [0.25, 0.3) is 0 Å². The lowest BCUT2D eigenvalue weighted by molar-refractivity contribution is -0.129. The van der Waals surface area contributed by atoms with Crippen molar-refractivity contribution in [2.75, 3.05) is 34.2 Å². The lowest BCUT2D eigenvalue weighted by Crippen LogP contribution is -2.36. The molecule has 0 aliphatic carbocycles. The molecule has 0 bridgehead atoms. The van der Waals surface area contributed by atoms with Crippen LogP contribution in [0.1, 0.15) is 29.3 Å². The largest absolute Gasteiger partial charge is 0.348 e. The number of benzene rings is 1. The minimum Gasteiger partial charge on any atom is -0.348 e. The Morgan fingerprint density at radius 3 is 2.10 bits per heavy atom. The molecule has 1 aromatic carbocycles. The van der Waals surface area contributed by atoms with Gasteiger partial charge in [0.2, 0.25) is 5.91 Å². The highest BCUT2D eigenvalue weighted by atomic mass is 16.2. The van der Waals surface area contributed by atoms with E-state index in [4.69, 9.17) is 0 Å². The zero-order valence-corrected chi connectivity index (χ0v) is 12.8. The van der Waals surface area contributed by atoms with Crippen LogP contribution in [0.5, 0.6) is 0 Å². The minimum absolute atomic E-state index is 0.00130. The summed E-state index contributed by atoms with van der Waals surface area (Å²) in [5, 5.41) is 0. The second kappa shape index (κ2) is 7.80. The molecule has 0 heterocycles. The van der Waals surface area contributed by atoms with Gasteiger partial charge in [0.1, 0.15) is 0 Å². The summed E-state index contributed by atoms with van der Waals surface area (Å²) < 4.78 is 0. The second-order valence-corrected chi connectivity index (χ2v) is 5.33. The monoisotopic (exact) mass is 276 g/mol. The summed E-state index contributed by atoms with van der Waals surface area (Å²) in [7, 11) is 5.21. The first-order chi connectivity index (χ1) is 9.43. The molecular weight excluding hydrogens is 252 g/mol. The Balaban J connectivity index is 2.55. The van der Waals surface area contributed by atoms with E-state index in [1.54, 1.807) is 26.0 Å². The van der Waals surface area contributed by atoms with E-state index >= 15 is 0 Å². The van der Waals surface area contributed by atoms with Gasteiger partial charge in [0.15, 0.2) is 5.78 Å². The third-order valence-electron chi connectivity index (χ3n) is 3.13. The minimum atomic E-state index is -0.00130. The Morgan fingerprint density at radius 1 is 1.00 bits per heavy atom. The highest BCUT2D eigenvalue weighted by molar-refractivity contribution is 5.97. The maximum Gasteiger partial charge on any atom is 0.236 e. The molecule has 4 nitrogen and oxygen atoms in total. The van der Waals surface area contributed by atoms with E-state index < -0.39 is 0 Å². The third-order valence-corrected chi connectivity index (χ3v) is 3.13. The van der Waals surface area contributed by atoms with Crippen molar-refractivity contribution in [3.63, 3.8) is 0 Å². The van der Waals surface area contributed by atoms with E-state index in [2.05, 4.69) is 6.92 Å². The van der Waals surface area contributed by atoms with E-state index in [0.717, 1.165) is 12.8 Å². The number of aryl methyl sites for hydroxylation is 1. The van der Waals surface area contributed by atoms with Crippen LogP contribution in [-0.2, 0) is 11.2 Å². The molecule has 110 valence electrons. The Hall–Kier alpha value is -1.68. The molecule has 0 N–H and O–H groups in total. The number of carbonyl (C=O) groups is 2. The summed E-state index contributed by atoms with van der Waals surface area (Å²) >= 11 is 0. The Labute approximate surface area is 121 Å². The van der Waals surface area contributed by atoms with Gasteiger partial charge in [-0.2, -0.15) is 0 Å². The average molecular weight is 276 g/mol. The summed E-state index contributed by atoms with van der Waals surface area (Å²) in [6.45, 7) is 2.65. The normalized spacial score (nSPS) is 10.7. The Bertz CT molecular complexity index is 452. The molecular formula is C16H24N2O2. The van der Waals surface area contributed by atoms with Gasteiger partial charge < -0.3 is 4.90 Å². The van der Waals surface area contributed by atoms with Gasteiger partial charge >= 0.3 is 0 Å². The maximum absolute atomic E-state index is 12.1. The van der Waals surface area contributed by atoms with Crippen LogP contribution in [0, 0.1) is 0 Å². The SMILES string of the molecule is CCCc1ccc(C(=O)CN(C)CC(=O)N(C)C)cc1. The van der Waals surface area contributed by atoms with Crippen LogP contribution in [0.3, 0.4) is 0 Å². The number of Topliss-reactive ketones (excluding diaryl/α,β-unsaturated/α-hetero) is 1. The number of amides is 1. The molecule has 0 atom stereocenters. The number of nitrogens with zero attached hydrogens (tertiary/aromatic N) is 2. The molecule has 0 saturated heterocycles. The highest BCUT2D eigenvalue weighted by Gasteiger charge is 2.13. The number of likely N-dealkylation sites (N-methyl/N-ethyl adjacent to an activating group) is 2. The Morgan fingerprint density at radius 2 is 1.60 bits per heavy atom. The van der Waals surface area contributed by atoms with Gasteiger partial charge in [-0.1, -0.05) is 37.6 Å². The summed E-state index contributed by atoms with van der Waals surface area (Å²) in [6.07, 6.45) is 2.13. The second-order valence-electron chi connectivity index (χ2n) is 5.33. The maximum atomic E-state index is 12.1. The van der Waals surface area contributed by atoms with Gasteiger partial charge in [-0.05, 0) is 19.0 Å². The number of hydrogen-bond donors (Lipinski definition) is 0. The van der Waals surface area contributed by atoms with E-state index in [0.29, 0.717) is 5.56 Å². The van der Waals surface area contributed by atoms with Crippen molar-refractivity contribution in [2.24, 2.45) is 0 Å². The topological polar surface area (TPSA) is 40.6 Å². The average Bonchev–Trinajstić information content (AvgIpc) is 2.39. The predicted molar refractivity (Wildman–Crippen MR) is 81.0 cm³/mol. The van der Waals surface area contributed by atoms with Crippen molar-refractivity contribution in [1.82, 2.24) is 9.80 Å². The third kappa shape index (κ3) is 5.13. The predicted octanol–water partition coefficient (Wildman–Crippen LogP) is 1.84. The fourth-order valence-electron chi connectivity index (χ4n) is 1.91. The molecule has 0 saturated carbocycles. The molecule has 0 spiro atoms. The first-order valence-corrected chi connectivity index (χ1v) is 6.95. The van der Waals surface area contributed by atoms with E-state index in [1.807, 2.05) is 24.3 Å². The number of ketones is 1. The number of carbonyl (C=O) groups excluding carboxylic acids is 2. The molecule has 0 aliphatic rings. The quantitative estimate of drug-likeness (QED) is 0.714.